The fraction of sp³-hybridized carbons (Fsp3) is 0.357. The molecule has 2 aromatic carbocycles. The number of nitrogens with one attached hydrogen (secondary N) is 2. The molecule has 1 aliphatic heterocycles. The second-order valence-corrected chi connectivity index (χ2v) is 9.42. The van der Waals surface area contributed by atoms with Gasteiger partial charge in [0.15, 0.2) is 0 Å². The Morgan fingerprint density at radius 3 is 2.76 bits per heavy atom. The number of rotatable bonds is 8. The van der Waals surface area contributed by atoms with E-state index in [0.29, 0.717) is 5.58 Å². The summed E-state index contributed by atoms with van der Waals surface area (Å²) in [7, 11) is 0. The molecule has 4 aromatic rings. The Bertz CT molecular complexity index is 1450. The SMILES string of the molecule is CCOC(=O)Nc1cc2cc(N3CCN(CCCCc4c[nH]c5ccc(N)cc45)CC3)ccc2oc1=O. The minimum Gasteiger partial charge on any atom is -0.450 e. The van der Waals surface area contributed by atoms with Gasteiger partial charge in [0.1, 0.15) is 11.3 Å². The molecule has 2 aromatic heterocycles. The Balaban J connectivity index is 1.13. The summed E-state index contributed by atoms with van der Waals surface area (Å²) in [5.74, 6) is 0. The lowest BCUT2D eigenvalue weighted by Crippen LogP contribution is -2.46. The molecular formula is C28H33N5O4. The molecule has 9 nitrogen and oxygen atoms in total. The smallest absolute Gasteiger partial charge is 0.411 e. The number of aryl methyl sites for hydroxylation is 1. The van der Waals surface area contributed by atoms with Crippen molar-refractivity contribution in [2.75, 3.05) is 55.3 Å². The van der Waals surface area contributed by atoms with E-state index in [1.165, 1.54) is 10.9 Å². The number of nitrogen functional groups attached to an aromatic ring is 1. The molecule has 9 heteroatoms. The van der Waals surface area contributed by atoms with Crippen LogP contribution in [-0.4, -0.2) is 55.3 Å². The number of amides is 1. The van der Waals surface area contributed by atoms with Gasteiger partial charge in [-0.2, -0.15) is 0 Å². The zero-order valence-corrected chi connectivity index (χ0v) is 21.1. The Hall–Kier alpha value is -3.98. The average molecular weight is 504 g/mol. The number of carbonyl (C=O) groups is 1. The first-order valence-corrected chi connectivity index (χ1v) is 12.8. The number of fused-ring (bicyclic) bond motifs is 2. The Labute approximate surface area is 215 Å². The van der Waals surface area contributed by atoms with Crippen molar-refractivity contribution in [3.63, 3.8) is 0 Å². The minimum atomic E-state index is -0.674. The number of aromatic nitrogens is 1. The fourth-order valence-corrected chi connectivity index (χ4v) is 4.96. The molecular weight excluding hydrogens is 470 g/mol. The highest BCUT2D eigenvalue weighted by Crippen LogP contribution is 2.25. The number of aromatic amines is 1. The number of nitrogens with zero attached hydrogens (tertiary/aromatic N) is 2. The summed E-state index contributed by atoms with van der Waals surface area (Å²) in [4.78, 5) is 32.1. The quantitative estimate of drug-likeness (QED) is 0.183. The summed E-state index contributed by atoms with van der Waals surface area (Å²) < 4.78 is 10.2. The number of H-pyrrole nitrogens is 1. The molecule has 0 radical (unpaired) electrons. The van der Waals surface area contributed by atoms with E-state index in [9.17, 15) is 9.59 Å². The first kappa shape index (κ1) is 24.7. The third-order valence-electron chi connectivity index (χ3n) is 6.93. The van der Waals surface area contributed by atoms with Gasteiger partial charge in [0, 0.05) is 60.0 Å². The number of unbranched alkanes of at least 4 members (excludes halogenated alkanes) is 1. The Morgan fingerprint density at radius 2 is 1.95 bits per heavy atom. The summed E-state index contributed by atoms with van der Waals surface area (Å²) in [6, 6.07) is 13.5. The molecule has 0 spiro atoms. The van der Waals surface area contributed by atoms with Crippen LogP contribution < -0.4 is 21.6 Å². The normalized spacial score (nSPS) is 14.4. The number of nitrogens with two attached hydrogens (primary N) is 1. The van der Waals surface area contributed by atoms with E-state index in [-0.39, 0.29) is 12.3 Å². The average Bonchev–Trinajstić information content (AvgIpc) is 3.29. The number of piperazine rings is 1. The van der Waals surface area contributed by atoms with Crippen LogP contribution in [0.5, 0.6) is 0 Å². The molecule has 0 saturated carbocycles. The van der Waals surface area contributed by atoms with Crippen LogP contribution in [0.15, 0.2) is 57.9 Å². The van der Waals surface area contributed by atoms with Gasteiger partial charge in [-0.25, -0.2) is 9.59 Å². The molecule has 0 aliphatic carbocycles. The van der Waals surface area contributed by atoms with Crippen LogP contribution >= 0.6 is 0 Å². The highest BCUT2D eigenvalue weighted by Gasteiger charge is 2.18. The van der Waals surface area contributed by atoms with E-state index in [1.807, 2.05) is 30.3 Å². The molecule has 194 valence electrons. The highest BCUT2D eigenvalue weighted by molar-refractivity contribution is 5.89. The molecule has 4 N–H and O–H groups in total. The van der Waals surface area contributed by atoms with Gasteiger partial charge in [0.25, 0.3) is 0 Å². The van der Waals surface area contributed by atoms with Gasteiger partial charge in [-0.15, -0.1) is 0 Å². The van der Waals surface area contributed by atoms with Gasteiger partial charge in [-0.1, -0.05) is 0 Å². The van der Waals surface area contributed by atoms with Gasteiger partial charge < -0.3 is 24.8 Å². The standard InChI is InChI=1S/C28H33N5O4/c1-2-36-28(35)31-25-16-20-15-22(7-9-26(20)37-27(25)34)33-13-11-32(12-14-33)10-4-3-5-19-18-30-24-8-6-21(29)17-23(19)24/h6-9,15-18,30H,2-5,10-14,29H2,1H3,(H,31,35). The Morgan fingerprint density at radius 1 is 1.11 bits per heavy atom. The summed E-state index contributed by atoms with van der Waals surface area (Å²) in [6.45, 7) is 6.87. The molecule has 5 rings (SSSR count). The molecule has 1 fully saturated rings. The van der Waals surface area contributed by atoms with E-state index >= 15 is 0 Å². The minimum absolute atomic E-state index is 0.0732. The van der Waals surface area contributed by atoms with Gasteiger partial charge in [0.2, 0.25) is 0 Å². The predicted molar refractivity (Wildman–Crippen MR) is 147 cm³/mol. The second kappa shape index (κ2) is 11.0. The number of anilines is 3. The van der Waals surface area contributed by atoms with Gasteiger partial charge in [0.05, 0.1) is 6.61 Å². The van der Waals surface area contributed by atoms with Crippen molar-refractivity contribution in [1.29, 1.82) is 0 Å². The van der Waals surface area contributed by atoms with Crippen molar-refractivity contribution in [3.8, 4) is 0 Å². The van der Waals surface area contributed by atoms with Gasteiger partial charge in [-0.3, -0.25) is 10.2 Å². The topological polar surface area (TPSA) is 117 Å². The summed E-state index contributed by atoms with van der Waals surface area (Å²) in [6.07, 6.45) is 4.77. The fourth-order valence-electron chi connectivity index (χ4n) is 4.96. The van der Waals surface area contributed by atoms with Crippen LogP contribution in [-0.2, 0) is 11.2 Å². The maximum absolute atomic E-state index is 12.2. The van der Waals surface area contributed by atoms with Crippen molar-refractivity contribution in [3.05, 3.63) is 64.6 Å². The van der Waals surface area contributed by atoms with Crippen molar-refractivity contribution < 1.29 is 13.9 Å². The lowest BCUT2D eigenvalue weighted by molar-refractivity contribution is 0.168. The number of carbonyl (C=O) groups excluding carboxylic acids is 1. The molecule has 1 aliphatic rings. The molecule has 0 unspecified atom stereocenters. The van der Waals surface area contributed by atoms with Gasteiger partial charge >= 0.3 is 11.7 Å². The zero-order valence-electron chi connectivity index (χ0n) is 21.1. The zero-order chi connectivity index (χ0) is 25.8. The molecule has 1 saturated heterocycles. The summed E-state index contributed by atoms with van der Waals surface area (Å²) in [5, 5.41) is 4.44. The molecule has 1 amide bonds. The molecule has 3 heterocycles. The first-order valence-electron chi connectivity index (χ1n) is 12.8. The monoisotopic (exact) mass is 503 g/mol. The van der Waals surface area contributed by atoms with Crippen LogP contribution in [0.25, 0.3) is 21.9 Å². The number of benzene rings is 2. The maximum Gasteiger partial charge on any atom is 0.411 e. The summed E-state index contributed by atoms with van der Waals surface area (Å²) in [5.41, 5.74) is 10.3. The van der Waals surface area contributed by atoms with Crippen LogP contribution in [0.1, 0.15) is 25.3 Å². The second-order valence-electron chi connectivity index (χ2n) is 9.42. The van der Waals surface area contributed by atoms with Crippen LogP contribution in [0.2, 0.25) is 0 Å². The summed E-state index contributed by atoms with van der Waals surface area (Å²) >= 11 is 0. The highest BCUT2D eigenvalue weighted by atomic mass is 16.5. The molecule has 37 heavy (non-hydrogen) atoms. The predicted octanol–water partition coefficient (Wildman–Crippen LogP) is 4.57. The van der Waals surface area contributed by atoms with Crippen LogP contribution in [0.3, 0.4) is 0 Å². The third kappa shape index (κ3) is 5.72. The van der Waals surface area contributed by atoms with E-state index in [1.54, 1.807) is 13.0 Å². The largest absolute Gasteiger partial charge is 0.450 e. The lowest BCUT2D eigenvalue weighted by atomic mass is 10.1. The number of ether oxygens (including phenoxy) is 1. The van der Waals surface area contributed by atoms with Crippen LogP contribution in [0, 0.1) is 0 Å². The maximum atomic E-state index is 12.2. The van der Waals surface area contributed by atoms with Crippen molar-refractivity contribution in [2.24, 2.45) is 0 Å². The van der Waals surface area contributed by atoms with Gasteiger partial charge in [-0.05, 0) is 80.8 Å². The third-order valence-corrected chi connectivity index (χ3v) is 6.93. The Kier molecular flexibility index (Phi) is 7.32. The van der Waals surface area contributed by atoms with Crippen molar-refractivity contribution >= 4 is 45.0 Å². The lowest BCUT2D eigenvalue weighted by Gasteiger charge is -2.36. The van der Waals surface area contributed by atoms with Crippen molar-refractivity contribution in [1.82, 2.24) is 9.88 Å². The first-order chi connectivity index (χ1) is 18.0. The van der Waals surface area contributed by atoms with Crippen molar-refractivity contribution in [2.45, 2.75) is 26.2 Å². The molecule has 0 bridgehead atoms. The van der Waals surface area contributed by atoms with E-state index < -0.39 is 11.7 Å². The van der Waals surface area contributed by atoms with Crippen LogP contribution in [0.4, 0.5) is 21.9 Å². The van der Waals surface area contributed by atoms with E-state index in [2.05, 4.69) is 32.4 Å². The molecule has 0 atom stereocenters. The van der Waals surface area contributed by atoms with E-state index in [0.717, 1.165) is 74.3 Å². The number of hydrogen-bond donors (Lipinski definition) is 3. The van der Waals surface area contributed by atoms with E-state index in [4.69, 9.17) is 14.9 Å². The number of hydrogen-bond acceptors (Lipinski definition) is 7.